The molecular formula is C18H31IN4O2. The molecular weight excluding hydrogens is 431 g/mol. The molecule has 1 unspecified atom stereocenters. The number of hydrogen-bond acceptors (Lipinski definition) is 3. The second-order valence-electron chi connectivity index (χ2n) is 5.62. The first-order valence-corrected chi connectivity index (χ1v) is 8.58. The van der Waals surface area contributed by atoms with Crippen LogP contribution in [-0.4, -0.2) is 44.1 Å². The van der Waals surface area contributed by atoms with Gasteiger partial charge in [0.1, 0.15) is 18.4 Å². The first-order valence-electron chi connectivity index (χ1n) is 8.58. The molecule has 1 amide bonds. The van der Waals surface area contributed by atoms with Crippen LogP contribution in [0, 0.1) is 6.92 Å². The third-order valence-electron chi connectivity index (χ3n) is 3.28. The molecule has 3 N–H and O–H groups in total. The molecule has 0 aliphatic carbocycles. The van der Waals surface area contributed by atoms with Crippen LogP contribution in [0.1, 0.15) is 32.8 Å². The average molecular weight is 462 g/mol. The molecule has 0 bridgehead atoms. The molecule has 1 aromatic carbocycles. The Labute approximate surface area is 168 Å². The number of ether oxygens (including phenoxy) is 1. The lowest BCUT2D eigenvalue weighted by molar-refractivity contribution is -0.119. The van der Waals surface area contributed by atoms with Gasteiger partial charge in [-0.25, -0.2) is 4.99 Å². The molecule has 0 fully saturated rings. The molecule has 0 saturated heterocycles. The quantitative estimate of drug-likeness (QED) is 0.300. The van der Waals surface area contributed by atoms with E-state index in [0.717, 1.165) is 24.3 Å². The minimum atomic E-state index is -0.0711. The number of aliphatic imine (C=N–C) groups is 1. The Kier molecular flexibility index (Phi) is 12.9. The van der Waals surface area contributed by atoms with Gasteiger partial charge in [0.2, 0.25) is 5.91 Å². The van der Waals surface area contributed by atoms with E-state index in [2.05, 4.69) is 20.9 Å². The normalized spacial score (nSPS) is 11.9. The van der Waals surface area contributed by atoms with Crippen LogP contribution in [0.4, 0.5) is 0 Å². The topological polar surface area (TPSA) is 74.8 Å². The van der Waals surface area contributed by atoms with Gasteiger partial charge < -0.3 is 20.7 Å². The third kappa shape index (κ3) is 10.2. The first kappa shape index (κ1) is 23.5. The third-order valence-corrected chi connectivity index (χ3v) is 3.28. The number of halogens is 1. The molecule has 142 valence electrons. The van der Waals surface area contributed by atoms with E-state index in [1.165, 1.54) is 0 Å². The Morgan fingerprint density at radius 2 is 1.92 bits per heavy atom. The van der Waals surface area contributed by atoms with Crippen molar-refractivity contribution in [1.82, 2.24) is 16.0 Å². The molecule has 1 aromatic rings. The van der Waals surface area contributed by atoms with Crippen molar-refractivity contribution in [3.63, 3.8) is 0 Å². The summed E-state index contributed by atoms with van der Waals surface area (Å²) in [5.74, 6) is 1.43. The maximum Gasteiger partial charge on any atom is 0.241 e. The summed E-state index contributed by atoms with van der Waals surface area (Å²) >= 11 is 0. The number of amides is 1. The predicted molar refractivity (Wildman–Crippen MR) is 114 cm³/mol. The van der Waals surface area contributed by atoms with Crippen LogP contribution in [0.2, 0.25) is 0 Å². The predicted octanol–water partition coefficient (Wildman–Crippen LogP) is 2.46. The van der Waals surface area contributed by atoms with Crippen LogP contribution < -0.4 is 20.7 Å². The Morgan fingerprint density at radius 1 is 1.20 bits per heavy atom. The summed E-state index contributed by atoms with van der Waals surface area (Å²) in [5, 5.41) is 9.14. The van der Waals surface area contributed by atoms with Gasteiger partial charge in [0, 0.05) is 13.1 Å². The van der Waals surface area contributed by atoms with Crippen LogP contribution >= 0.6 is 24.0 Å². The number of nitrogens with one attached hydrogen (secondary N) is 3. The van der Waals surface area contributed by atoms with Crippen molar-refractivity contribution in [1.29, 1.82) is 0 Å². The van der Waals surface area contributed by atoms with Gasteiger partial charge in [-0.1, -0.05) is 25.1 Å². The van der Waals surface area contributed by atoms with E-state index in [-0.39, 0.29) is 42.5 Å². The highest BCUT2D eigenvalue weighted by Crippen LogP contribution is 2.17. The van der Waals surface area contributed by atoms with Crippen molar-refractivity contribution >= 4 is 35.8 Å². The molecule has 0 saturated carbocycles. The smallest absolute Gasteiger partial charge is 0.241 e. The van der Waals surface area contributed by atoms with Crippen molar-refractivity contribution in [2.45, 2.75) is 40.2 Å². The molecule has 0 aliphatic rings. The fourth-order valence-corrected chi connectivity index (χ4v) is 2.00. The highest BCUT2D eigenvalue weighted by molar-refractivity contribution is 14.0. The Morgan fingerprint density at radius 3 is 2.56 bits per heavy atom. The second-order valence-corrected chi connectivity index (χ2v) is 5.62. The molecule has 25 heavy (non-hydrogen) atoms. The Bertz CT molecular complexity index is 538. The van der Waals surface area contributed by atoms with Gasteiger partial charge in [-0.15, -0.1) is 24.0 Å². The molecule has 0 aliphatic heterocycles. The van der Waals surface area contributed by atoms with Crippen LogP contribution in [-0.2, 0) is 4.79 Å². The number of nitrogens with zero attached hydrogens (tertiary/aromatic N) is 1. The Hall–Kier alpha value is -1.51. The molecule has 0 spiro atoms. The minimum absolute atomic E-state index is 0. The first-order chi connectivity index (χ1) is 11.6. The molecule has 0 radical (unpaired) electrons. The van der Waals surface area contributed by atoms with E-state index in [1.54, 1.807) is 0 Å². The average Bonchev–Trinajstić information content (AvgIpc) is 2.57. The summed E-state index contributed by atoms with van der Waals surface area (Å²) in [4.78, 5) is 15.9. The fourth-order valence-electron chi connectivity index (χ4n) is 2.00. The van der Waals surface area contributed by atoms with Gasteiger partial charge >= 0.3 is 0 Å². The lowest BCUT2D eigenvalue weighted by Crippen LogP contribution is -2.42. The van der Waals surface area contributed by atoms with Crippen LogP contribution in [0.25, 0.3) is 0 Å². The van der Waals surface area contributed by atoms with Crippen molar-refractivity contribution in [3.05, 3.63) is 29.8 Å². The maximum atomic E-state index is 11.6. The SMILES string of the molecule is CCCNC(=O)CN=C(NCC)NCC(C)Oc1ccccc1C.I. The molecule has 0 heterocycles. The number of guanidine groups is 1. The number of rotatable bonds is 9. The number of benzene rings is 1. The summed E-state index contributed by atoms with van der Waals surface area (Å²) in [6, 6.07) is 7.94. The summed E-state index contributed by atoms with van der Waals surface area (Å²) in [6.07, 6.45) is 0.894. The summed E-state index contributed by atoms with van der Waals surface area (Å²) in [7, 11) is 0. The number of aryl methyl sites for hydroxylation is 1. The zero-order valence-corrected chi connectivity index (χ0v) is 17.9. The number of carbonyl (C=O) groups is 1. The fraction of sp³-hybridized carbons (Fsp3) is 0.556. The lowest BCUT2D eigenvalue weighted by Gasteiger charge is -2.18. The summed E-state index contributed by atoms with van der Waals surface area (Å²) < 4.78 is 5.93. The van der Waals surface area contributed by atoms with Gasteiger partial charge in [-0.2, -0.15) is 0 Å². The highest BCUT2D eigenvalue weighted by atomic mass is 127. The minimum Gasteiger partial charge on any atom is -0.489 e. The monoisotopic (exact) mass is 462 g/mol. The number of carbonyl (C=O) groups excluding carboxylic acids is 1. The van der Waals surface area contributed by atoms with Gasteiger partial charge in [-0.3, -0.25) is 4.79 Å². The summed E-state index contributed by atoms with van der Waals surface area (Å²) in [5.41, 5.74) is 1.11. The molecule has 1 atom stereocenters. The van der Waals surface area contributed by atoms with Crippen LogP contribution in [0.15, 0.2) is 29.3 Å². The van der Waals surface area contributed by atoms with Crippen LogP contribution in [0.3, 0.4) is 0 Å². The highest BCUT2D eigenvalue weighted by Gasteiger charge is 2.08. The standard InChI is InChI=1S/C18H30N4O2.HI/c1-5-11-20-17(23)13-22-18(19-6-2)21-12-15(4)24-16-10-8-7-9-14(16)3;/h7-10,15H,5-6,11-13H2,1-4H3,(H,20,23)(H2,19,21,22);1H. The number of para-hydroxylation sites is 1. The molecule has 6 nitrogen and oxygen atoms in total. The van der Waals surface area contributed by atoms with Gasteiger partial charge in [-0.05, 0) is 38.8 Å². The van der Waals surface area contributed by atoms with Crippen molar-refractivity contribution in [2.75, 3.05) is 26.2 Å². The van der Waals surface area contributed by atoms with Crippen molar-refractivity contribution in [3.8, 4) is 5.75 Å². The zero-order chi connectivity index (χ0) is 17.8. The van der Waals surface area contributed by atoms with E-state index in [4.69, 9.17) is 4.74 Å². The zero-order valence-electron chi connectivity index (χ0n) is 15.6. The maximum absolute atomic E-state index is 11.6. The van der Waals surface area contributed by atoms with E-state index in [0.29, 0.717) is 19.0 Å². The van der Waals surface area contributed by atoms with Gasteiger partial charge in [0.05, 0.1) is 6.54 Å². The van der Waals surface area contributed by atoms with E-state index >= 15 is 0 Å². The van der Waals surface area contributed by atoms with Crippen LogP contribution in [0.5, 0.6) is 5.75 Å². The van der Waals surface area contributed by atoms with Crippen molar-refractivity contribution < 1.29 is 9.53 Å². The second kappa shape index (κ2) is 13.7. The van der Waals surface area contributed by atoms with E-state index < -0.39 is 0 Å². The molecule has 7 heteroatoms. The Balaban J connectivity index is 0.00000576. The lowest BCUT2D eigenvalue weighted by atomic mass is 10.2. The molecule has 1 rings (SSSR count). The van der Waals surface area contributed by atoms with Gasteiger partial charge in [0.15, 0.2) is 5.96 Å². The molecule has 0 aromatic heterocycles. The van der Waals surface area contributed by atoms with Crippen molar-refractivity contribution in [2.24, 2.45) is 4.99 Å². The van der Waals surface area contributed by atoms with E-state index in [9.17, 15) is 4.79 Å². The van der Waals surface area contributed by atoms with E-state index in [1.807, 2.05) is 52.0 Å². The van der Waals surface area contributed by atoms with Gasteiger partial charge in [0.25, 0.3) is 0 Å². The summed E-state index contributed by atoms with van der Waals surface area (Å²) in [6.45, 7) is 10.1. The number of hydrogen-bond donors (Lipinski definition) is 3. The largest absolute Gasteiger partial charge is 0.489 e.